The second kappa shape index (κ2) is 5.03. The fourth-order valence-electron chi connectivity index (χ4n) is 3.83. The molecule has 1 aliphatic heterocycles. The van der Waals surface area contributed by atoms with Crippen molar-refractivity contribution >= 4 is 20.5 Å². The second-order valence-corrected chi connectivity index (χ2v) is 7.56. The summed E-state index contributed by atoms with van der Waals surface area (Å²) in [5, 5.41) is 0.365. The lowest BCUT2D eigenvalue weighted by Gasteiger charge is -2.56. The molecule has 4 unspecified atom stereocenters. The predicted molar refractivity (Wildman–Crippen MR) is 82.0 cm³/mol. The third kappa shape index (κ3) is 2.36. The molecule has 0 aromatic rings. The molecule has 1 saturated heterocycles. The van der Waals surface area contributed by atoms with Gasteiger partial charge in [-0.3, -0.25) is 4.90 Å². The molecule has 0 aromatic heterocycles. The average Bonchev–Trinajstić information content (AvgIpc) is 2.28. The number of hydrogen-bond acceptors (Lipinski definition) is 3. The summed E-state index contributed by atoms with van der Waals surface area (Å²) in [6.07, 6.45) is 7.07. The molecule has 0 spiro atoms. The van der Waals surface area contributed by atoms with E-state index in [0.717, 1.165) is 19.3 Å². The van der Waals surface area contributed by atoms with E-state index in [4.69, 9.17) is 13.6 Å². The van der Waals surface area contributed by atoms with Gasteiger partial charge in [0.15, 0.2) is 0 Å². The first-order valence-electron chi connectivity index (χ1n) is 7.25. The van der Waals surface area contributed by atoms with Crippen molar-refractivity contribution in [1.29, 1.82) is 0 Å². The van der Waals surface area contributed by atoms with Gasteiger partial charge in [-0.2, -0.15) is 12.6 Å². The first-order chi connectivity index (χ1) is 8.27. The highest BCUT2D eigenvalue weighted by molar-refractivity contribution is 7.80. The number of nitrogens with two attached hydrogens (primary N) is 1. The first-order valence-corrected chi connectivity index (χ1v) is 7.77. The Morgan fingerprint density at radius 1 is 1.22 bits per heavy atom. The Labute approximate surface area is 119 Å². The lowest BCUT2D eigenvalue weighted by molar-refractivity contribution is 0.0177. The van der Waals surface area contributed by atoms with E-state index >= 15 is 0 Å². The standard InChI is InChI=1S/C14H27BN2S/c1-13(2)9-5-4-6-11-10(14(13,15)16)7-8-12(18)17(11)3/h10-12,18H,4-9,16H2,1-3H3. The molecule has 2 rings (SSSR count). The van der Waals surface area contributed by atoms with Crippen LogP contribution >= 0.6 is 12.6 Å². The quantitative estimate of drug-likeness (QED) is 0.520. The van der Waals surface area contributed by atoms with Crippen LogP contribution in [0.25, 0.3) is 0 Å². The van der Waals surface area contributed by atoms with Gasteiger partial charge in [-0.15, -0.1) is 0 Å². The van der Waals surface area contributed by atoms with E-state index < -0.39 is 5.44 Å². The van der Waals surface area contributed by atoms with Gasteiger partial charge >= 0.3 is 0 Å². The zero-order valence-electron chi connectivity index (χ0n) is 12.0. The number of thiol groups is 1. The Balaban J connectivity index is 2.30. The van der Waals surface area contributed by atoms with Crippen molar-refractivity contribution in [1.82, 2.24) is 4.90 Å². The predicted octanol–water partition coefficient (Wildman–Crippen LogP) is 2.38. The molecular formula is C14H27BN2S. The number of likely N-dealkylation sites (tertiary alicyclic amines) is 1. The fraction of sp³-hybridized carbons (Fsp3) is 1.00. The number of hydrogen-bond donors (Lipinski definition) is 2. The molecule has 4 atom stereocenters. The minimum Gasteiger partial charge on any atom is -0.332 e. The maximum absolute atomic E-state index is 6.61. The van der Waals surface area contributed by atoms with Gasteiger partial charge in [0, 0.05) is 6.04 Å². The van der Waals surface area contributed by atoms with Gasteiger partial charge in [0.05, 0.1) is 13.2 Å². The van der Waals surface area contributed by atoms with Crippen molar-refractivity contribution in [2.45, 2.75) is 69.2 Å². The number of piperidine rings is 1. The Kier molecular flexibility index (Phi) is 4.12. The van der Waals surface area contributed by atoms with Gasteiger partial charge in [0.1, 0.15) is 0 Å². The van der Waals surface area contributed by atoms with Crippen molar-refractivity contribution < 1.29 is 0 Å². The summed E-state index contributed by atoms with van der Waals surface area (Å²) < 4.78 is 0. The summed E-state index contributed by atoms with van der Waals surface area (Å²) in [5.74, 6) is 0.390. The normalized spacial score (nSPS) is 45.9. The molecule has 1 saturated carbocycles. The van der Waals surface area contributed by atoms with Gasteiger partial charge in [-0.1, -0.05) is 26.7 Å². The summed E-state index contributed by atoms with van der Waals surface area (Å²) in [6, 6.07) is 0.496. The summed E-state index contributed by atoms with van der Waals surface area (Å²) in [4.78, 5) is 2.40. The van der Waals surface area contributed by atoms with Crippen LogP contribution in [0.1, 0.15) is 52.4 Å². The second-order valence-electron chi connectivity index (χ2n) is 6.96. The minimum absolute atomic E-state index is 0.0145. The summed E-state index contributed by atoms with van der Waals surface area (Å²) in [7, 11) is 8.79. The van der Waals surface area contributed by atoms with E-state index in [1.807, 2.05) is 0 Å². The number of nitrogens with zero attached hydrogens (tertiary/aromatic N) is 1. The molecule has 2 nitrogen and oxygen atoms in total. The summed E-state index contributed by atoms with van der Waals surface area (Å²) in [6.45, 7) is 4.48. The van der Waals surface area contributed by atoms with Gasteiger partial charge < -0.3 is 5.73 Å². The maximum Gasteiger partial charge on any atom is 0.0962 e. The van der Waals surface area contributed by atoms with Crippen LogP contribution in [0.15, 0.2) is 0 Å². The Bertz CT molecular complexity index is 306. The highest BCUT2D eigenvalue weighted by Gasteiger charge is 2.49. The lowest BCUT2D eigenvalue weighted by atomic mass is 9.49. The third-order valence-corrected chi connectivity index (χ3v) is 6.15. The van der Waals surface area contributed by atoms with Crippen molar-refractivity contribution in [2.75, 3.05) is 7.05 Å². The molecule has 18 heavy (non-hydrogen) atoms. The van der Waals surface area contributed by atoms with Crippen molar-refractivity contribution in [3.8, 4) is 0 Å². The highest BCUT2D eigenvalue weighted by atomic mass is 32.1. The van der Waals surface area contributed by atoms with Crippen LogP contribution in [-0.2, 0) is 0 Å². The third-order valence-electron chi connectivity index (χ3n) is 5.53. The van der Waals surface area contributed by atoms with Crippen molar-refractivity contribution in [2.24, 2.45) is 17.1 Å². The topological polar surface area (TPSA) is 29.3 Å². The molecule has 1 aliphatic carbocycles. The molecule has 4 heteroatoms. The van der Waals surface area contributed by atoms with Crippen LogP contribution < -0.4 is 5.73 Å². The summed E-state index contributed by atoms with van der Waals surface area (Å²) in [5.41, 5.74) is 6.06. The molecule has 2 fully saturated rings. The van der Waals surface area contributed by atoms with Gasteiger partial charge in [0.2, 0.25) is 0 Å². The zero-order valence-corrected chi connectivity index (χ0v) is 12.9. The average molecular weight is 266 g/mol. The Hall–Kier alpha value is 0.335. The van der Waals surface area contributed by atoms with Crippen LogP contribution in [0.5, 0.6) is 0 Å². The van der Waals surface area contributed by atoms with E-state index in [0.29, 0.717) is 17.3 Å². The van der Waals surface area contributed by atoms with E-state index in [-0.39, 0.29) is 5.41 Å². The van der Waals surface area contributed by atoms with E-state index in [2.05, 4.69) is 38.4 Å². The molecule has 0 amide bonds. The van der Waals surface area contributed by atoms with Crippen LogP contribution in [0.4, 0.5) is 0 Å². The molecule has 2 N–H and O–H groups in total. The van der Waals surface area contributed by atoms with E-state index in [9.17, 15) is 0 Å². The molecule has 0 aromatic carbocycles. The van der Waals surface area contributed by atoms with Gasteiger partial charge in [-0.25, -0.2) is 0 Å². The highest BCUT2D eigenvalue weighted by Crippen LogP contribution is 2.46. The number of rotatable bonds is 0. The van der Waals surface area contributed by atoms with Crippen LogP contribution in [0, 0.1) is 11.3 Å². The SMILES string of the molecule is [B]C1(N)C2CCC(S)N(C)C2CCCCC1(C)C. The summed E-state index contributed by atoms with van der Waals surface area (Å²) >= 11 is 4.68. The monoisotopic (exact) mass is 266 g/mol. The van der Waals surface area contributed by atoms with E-state index in [1.165, 1.54) is 19.3 Å². The van der Waals surface area contributed by atoms with Crippen molar-refractivity contribution in [3.63, 3.8) is 0 Å². The zero-order chi connectivity index (χ0) is 13.6. The molecule has 2 aliphatic rings. The Morgan fingerprint density at radius 3 is 2.56 bits per heavy atom. The van der Waals surface area contributed by atoms with E-state index in [1.54, 1.807) is 0 Å². The Morgan fingerprint density at radius 2 is 1.89 bits per heavy atom. The molecule has 1 heterocycles. The van der Waals surface area contributed by atoms with Gasteiger partial charge in [-0.05, 0) is 49.5 Å². The first kappa shape index (κ1) is 14.7. The van der Waals surface area contributed by atoms with Gasteiger partial charge in [0.25, 0.3) is 0 Å². The van der Waals surface area contributed by atoms with Crippen LogP contribution in [0.3, 0.4) is 0 Å². The minimum atomic E-state index is -0.569. The van der Waals surface area contributed by atoms with Crippen LogP contribution in [0.2, 0.25) is 0 Å². The van der Waals surface area contributed by atoms with Crippen molar-refractivity contribution in [3.05, 3.63) is 0 Å². The smallest absolute Gasteiger partial charge is 0.0962 e. The number of fused-ring (bicyclic) bond motifs is 1. The van der Waals surface area contributed by atoms with Crippen LogP contribution in [-0.4, -0.2) is 36.6 Å². The fourth-order valence-corrected chi connectivity index (χ4v) is 4.15. The lowest BCUT2D eigenvalue weighted by Crippen LogP contribution is -2.66. The molecule has 2 radical (unpaired) electrons. The molecule has 102 valence electrons. The molecular weight excluding hydrogens is 239 g/mol. The maximum atomic E-state index is 6.61. The molecule has 0 bridgehead atoms. The largest absolute Gasteiger partial charge is 0.332 e.